The molecule has 2 fully saturated rings. The fourth-order valence-corrected chi connectivity index (χ4v) is 4.16. The minimum Gasteiger partial charge on any atom is -0.364 e. The molecule has 0 aromatic carbocycles. The minimum atomic E-state index is -0.120. The number of nitrogens with one attached hydrogen (secondary N) is 2. The van der Waals surface area contributed by atoms with Crippen LogP contribution < -0.4 is 16.2 Å². The monoisotopic (exact) mass is 436 g/mol. The average molecular weight is 437 g/mol. The molecule has 5 rings (SSSR count). The molecule has 1 saturated heterocycles. The van der Waals surface area contributed by atoms with Crippen LogP contribution in [0.4, 0.5) is 17.5 Å². The van der Waals surface area contributed by atoms with Gasteiger partial charge in [0.05, 0.1) is 23.4 Å². The number of rotatable bonds is 5. The zero-order valence-electron chi connectivity index (χ0n) is 18.6. The lowest BCUT2D eigenvalue weighted by atomic mass is 10.1. The SMILES string of the molecule is CC(=O)N1CCC(n2cc(Nc3nc(NC4(C)CC4)c4c(=O)n(C)ccc4n3)cn2)CC1. The number of pyridine rings is 1. The van der Waals surface area contributed by atoms with Gasteiger partial charge in [0, 0.05) is 45.0 Å². The molecular weight excluding hydrogens is 408 g/mol. The third-order valence-corrected chi connectivity index (χ3v) is 6.49. The second-order valence-electron chi connectivity index (χ2n) is 9.14. The molecule has 1 aliphatic carbocycles. The van der Waals surface area contributed by atoms with Gasteiger partial charge in [0.1, 0.15) is 11.2 Å². The molecule has 4 heterocycles. The summed E-state index contributed by atoms with van der Waals surface area (Å²) >= 11 is 0. The van der Waals surface area contributed by atoms with Gasteiger partial charge in [-0.1, -0.05) is 0 Å². The van der Waals surface area contributed by atoms with E-state index in [1.54, 1.807) is 30.9 Å². The standard InChI is InChI=1S/C22H28N8O2/c1-14(31)29-10-4-16(5-11-29)30-13-15(12-23-30)24-21-25-17-6-9-28(3)20(32)18(17)19(26-21)27-22(2)7-8-22/h6,9,12-13,16H,4-5,7-8,10-11H2,1-3H3,(H2,24,25,26,27). The number of carbonyl (C=O) groups is 1. The van der Waals surface area contributed by atoms with Gasteiger partial charge < -0.3 is 20.1 Å². The smallest absolute Gasteiger partial charge is 0.263 e. The molecule has 0 spiro atoms. The molecule has 0 radical (unpaired) electrons. The van der Waals surface area contributed by atoms with E-state index < -0.39 is 0 Å². The Hall–Kier alpha value is -3.43. The van der Waals surface area contributed by atoms with Crippen molar-refractivity contribution in [2.75, 3.05) is 23.7 Å². The van der Waals surface area contributed by atoms with Gasteiger partial charge in [-0.05, 0) is 38.7 Å². The summed E-state index contributed by atoms with van der Waals surface area (Å²) in [5.41, 5.74) is 1.23. The van der Waals surface area contributed by atoms with Crippen LogP contribution in [0.15, 0.2) is 29.5 Å². The maximum Gasteiger partial charge on any atom is 0.263 e. The topological polar surface area (TPSA) is 110 Å². The van der Waals surface area contributed by atoms with Gasteiger partial charge in [0.25, 0.3) is 5.56 Å². The Morgan fingerprint density at radius 1 is 1.22 bits per heavy atom. The van der Waals surface area contributed by atoms with Crippen LogP contribution in [0, 0.1) is 0 Å². The van der Waals surface area contributed by atoms with E-state index in [1.165, 1.54) is 0 Å². The number of hydrogen-bond donors (Lipinski definition) is 2. The number of piperidine rings is 1. The highest BCUT2D eigenvalue weighted by molar-refractivity contribution is 5.90. The first kappa shape index (κ1) is 20.5. The van der Waals surface area contributed by atoms with Gasteiger partial charge in [-0.25, -0.2) is 4.98 Å². The summed E-state index contributed by atoms with van der Waals surface area (Å²) in [6.45, 7) is 5.24. The predicted molar refractivity (Wildman–Crippen MR) is 122 cm³/mol. The number of fused-ring (bicyclic) bond motifs is 1. The van der Waals surface area contributed by atoms with E-state index >= 15 is 0 Å². The van der Waals surface area contributed by atoms with Crippen molar-refractivity contribution < 1.29 is 4.79 Å². The highest BCUT2D eigenvalue weighted by Crippen LogP contribution is 2.39. The summed E-state index contributed by atoms with van der Waals surface area (Å²) in [6.07, 6.45) is 9.26. The Balaban J connectivity index is 1.40. The Bertz CT molecular complexity index is 1230. The van der Waals surface area contributed by atoms with Gasteiger partial charge in [0.15, 0.2) is 0 Å². The highest BCUT2D eigenvalue weighted by atomic mass is 16.2. The van der Waals surface area contributed by atoms with E-state index in [0.29, 0.717) is 22.7 Å². The summed E-state index contributed by atoms with van der Waals surface area (Å²) in [6, 6.07) is 2.09. The fraction of sp³-hybridized carbons (Fsp3) is 0.500. The predicted octanol–water partition coefficient (Wildman–Crippen LogP) is 2.42. The van der Waals surface area contributed by atoms with E-state index in [2.05, 4.69) is 32.6 Å². The zero-order chi connectivity index (χ0) is 22.5. The maximum absolute atomic E-state index is 12.8. The first-order chi connectivity index (χ1) is 15.3. The molecule has 32 heavy (non-hydrogen) atoms. The number of carbonyl (C=O) groups excluding carboxylic acids is 1. The van der Waals surface area contributed by atoms with Crippen LogP contribution in [-0.2, 0) is 11.8 Å². The number of aromatic nitrogens is 5. The molecule has 1 saturated carbocycles. The quantitative estimate of drug-likeness (QED) is 0.632. The van der Waals surface area contributed by atoms with Crippen LogP contribution in [0.2, 0.25) is 0 Å². The van der Waals surface area contributed by atoms with Crippen LogP contribution in [0.3, 0.4) is 0 Å². The van der Waals surface area contributed by atoms with Crippen molar-refractivity contribution in [1.29, 1.82) is 0 Å². The second-order valence-corrected chi connectivity index (χ2v) is 9.14. The summed E-state index contributed by atoms with van der Waals surface area (Å²) < 4.78 is 3.49. The summed E-state index contributed by atoms with van der Waals surface area (Å²) in [7, 11) is 1.73. The fourth-order valence-electron chi connectivity index (χ4n) is 4.16. The van der Waals surface area contributed by atoms with Crippen molar-refractivity contribution in [2.24, 2.45) is 7.05 Å². The van der Waals surface area contributed by atoms with Crippen LogP contribution in [0.25, 0.3) is 10.9 Å². The van der Waals surface area contributed by atoms with Gasteiger partial charge >= 0.3 is 0 Å². The van der Waals surface area contributed by atoms with Crippen LogP contribution in [0.5, 0.6) is 0 Å². The van der Waals surface area contributed by atoms with Crippen LogP contribution >= 0.6 is 0 Å². The number of hydrogen-bond acceptors (Lipinski definition) is 7. The Morgan fingerprint density at radius 3 is 2.66 bits per heavy atom. The molecule has 0 unspecified atom stereocenters. The minimum absolute atomic E-state index is 0.0287. The molecule has 3 aromatic rings. The maximum atomic E-state index is 12.8. The number of likely N-dealkylation sites (tertiary alicyclic amines) is 1. The molecule has 10 nitrogen and oxygen atoms in total. The molecular formula is C22H28N8O2. The number of nitrogens with zero attached hydrogens (tertiary/aromatic N) is 6. The molecule has 0 bridgehead atoms. The molecule has 3 aromatic heterocycles. The van der Waals surface area contributed by atoms with Crippen LogP contribution in [0.1, 0.15) is 45.6 Å². The van der Waals surface area contributed by atoms with Gasteiger partial charge in [0.2, 0.25) is 11.9 Å². The van der Waals surface area contributed by atoms with Crippen molar-refractivity contribution in [2.45, 2.75) is 51.1 Å². The largest absolute Gasteiger partial charge is 0.364 e. The normalized spacial score (nSPS) is 18.0. The van der Waals surface area contributed by atoms with E-state index in [0.717, 1.165) is 44.5 Å². The highest BCUT2D eigenvalue weighted by Gasteiger charge is 2.38. The van der Waals surface area contributed by atoms with Crippen LogP contribution in [-0.4, -0.2) is 53.8 Å². The molecule has 1 amide bonds. The molecule has 2 aliphatic rings. The molecule has 10 heteroatoms. The Kier molecular flexibility index (Phi) is 4.87. The molecule has 168 valence electrons. The van der Waals surface area contributed by atoms with E-state index in [4.69, 9.17) is 0 Å². The van der Waals surface area contributed by atoms with E-state index in [-0.39, 0.29) is 23.0 Å². The van der Waals surface area contributed by atoms with Crippen molar-refractivity contribution in [3.8, 4) is 0 Å². The lowest BCUT2D eigenvalue weighted by Gasteiger charge is -2.31. The number of aryl methyl sites for hydroxylation is 1. The van der Waals surface area contributed by atoms with Crippen molar-refractivity contribution in [3.63, 3.8) is 0 Å². The third kappa shape index (κ3) is 3.92. The first-order valence-electron chi connectivity index (χ1n) is 11.0. The summed E-state index contributed by atoms with van der Waals surface area (Å²) in [5.74, 6) is 1.10. The Morgan fingerprint density at radius 2 is 1.97 bits per heavy atom. The van der Waals surface area contributed by atoms with Crippen molar-refractivity contribution in [1.82, 2.24) is 29.2 Å². The molecule has 1 aliphatic heterocycles. The second kappa shape index (κ2) is 7.61. The molecule has 2 N–H and O–H groups in total. The first-order valence-corrected chi connectivity index (χ1v) is 11.0. The summed E-state index contributed by atoms with van der Waals surface area (Å²) in [4.78, 5) is 35.4. The average Bonchev–Trinajstić information content (AvgIpc) is 3.30. The third-order valence-electron chi connectivity index (χ3n) is 6.49. The van der Waals surface area contributed by atoms with Crippen molar-refractivity contribution >= 4 is 34.3 Å². The van der Waals surface area contributed by atoms with Crippen molar-refractivity contribution in [3.05, 3.63) is 35.0 Å². The number of amides is 1. The van der Waals surface area contributed by atoms with Gasteiger partial charge in [-0.3, -0.25) is 14.3 Å². The van der Waals surface area contributed by atoms with E-state index in [1.807, 2.05) is 21.8 Å². The zero-order valence-corrected chi connectivity index (χ0v) is 18.6. The lowest BCUT2D eigenvalue weighted by molar-refractivity contribution is -0.130. The van der Waals surface area contributed by atoms with Gasteiger partial charge in [-0.2, -0.15) is 10.1 Å². The lowest BCUT2D eigenvalue weighted by Crippen LogP contribution is -2.37. The molecule has 0 atom stereocenters. The van der Waals surface area contributed by atoms with Gasteiger partial charge in [-0.15, -0.1) is 0 Å². The van der Waals surface area contributed by atoms with E-state index in [9.17, 15) is 9.59 Å². The number of anilines is 3. The Labute approximate surface area is 185 Å². The summed E-state index contributed by atoms with van der Waals surface area (Å²) in [5, 5.41) is 11.7.